The zero-order valence-electron chi connectivity index (χ0n) is 14.6. The maximum Gasteiger partial charge on any atom is 0.262 e. The van der Waals surface area contributed by atoms with Crippen molar-refractivity contribution in [2.45, 2.75) is 25.3 Å². The minimum atomic E-state index is -0.676. The Balaban J connectivity index is 1.69. The zero-order chi connectivity index (χ0) is 18.5. The van der Waals surface area contributed by atoms with Gasteiger partial charge in [0, 0.05) is 11.7 Å². The Kier molecular flexibility index (Phi) is 5.68. The number of methoxy groups -OCH3 is 1. The Morgan fingerprint density at radius 3 is 2.69 bits per heavy atom. The van der Waals surface area contributed by atoms with Crippen molar-refractivity contribution in [2.75, 3.05) is 20.2 Å². The summed E-state index contributed by atoms with van der Waals surface area (Å²) >= 11 is 0. The molecule has 0 unspecified atom stereocenters. The fourth-order valence-electron chi connectivity index (χ4n) is 3.16. The second-order valence-electron chi connectivity index (χ2n) is 6.24. The molecule has 1 aromatic carbocycles. The summed E-state index contributed by atoms with van der Waals surface area (Å²) in [6.45, 7) is 1.74. The van der Waals surface area contributed by atoms with Crippen LogP contribution in [0.1, 0.15) is 29.6 Å². The van der Waals surface area contributed by atoms with Crippen LogP contribution < -0.4 is 20.7 Å². The lowest BCUT2D eigenvalue weighted by Crippen LogP contribution is -2.43. The van der Waals surface area contributed by atoms with Crippen molar-refractivity contribution in [1.82, 2.24) is 16.0 Å². The minimum Gasteiger partial charge on any atom is -0.496 e. The Morgan fingerprint density at radius 1 is 1.19 bits per heavy atom. The van der Waals surface area contributed by atoms with Crippen LogP contribution in [0.2, 0.25) is 0 Å². The molecule has 0 radical (unpaired) electrons. The van der Waals surface area contributed by atoms with Crippen LogP contribution >= 0.6 is 0 Å². The van der Waals surface area contributed by atoms with Crippen molar-refractivity contribution >= 4 is 11.8 Å². The molecular weight excluding hydrogens is 337 g/mol. The predicted octanol–water partition coefficient (Wildman–Crippen LogP) is 1.65. The van der Waals surface area contributed by atoms with Crippen LogP contribution in [0.15, 0.2) is 41.6 Å². The average molecular weight is 359 g/mol. The fourth-order valence-corrected chi connectivity index (χ4v) is 3.16. The van der Waals surface area contributed by atoms with Crippen molar-refractivity contribution in [3.05, 3.63) is 53.0 Å². The van der Waals surface area contributed by atoms with Crippen LogP contribution in [0.4, 0.5) is 4.39 Å². The van der Waals surface area contributed by atoms with Crippen LogP contribution in [0, 0.1) is 5.82 Å². The van der Waals surface area contributed by atoms with E-state index >= 15 is 0 Å². The third-order valence-electron chi connectivity index (χ3n) is 4.52. The van der Waals surface area contributed by atoms with Gasteiger partial charge in [-0.2, -0.15) is 0 Å². The van der Waals surface area contributed by atoms with Gasteiger partial charge in [-0.25, -0.2) is 4.39 Å². The van der Waals surface area contributed by atoms with E-state index in [1.807, 2.05) is 0 Å². The highest BCUT2D eigenvalue weighted by atomic mass is 19.1. The first-order chi connectivity index (χ1) is 12.6. The van der Waals surface area contributed by atoms with Gasteiger partial charge in [0.1, 0.15) is 17.1 Å². The molecule has 0 aromatic heterocycles. The lowest BCUT2D eigenvalue weighted by molar-refractivity contribution is -0.118. The standard InChI is InChI=1S/C19H22FN3O3/c1-26-16-7-3-5-14(20)17(16)19(25)23-15-6-2-4-13(15)18(24)22-12-8-10-21-11-9-12/h3-7,12,21H,2,8-11H2,1H3,(H,22,24)(H,23,25). The number of carbonyl (C=O) groups excluding carboxylic acids is 2. The Bertz CT molecular complexity index is 767. The number of carbonyl (C=O) groups is 2. The van der Waals surface area contributed by atoms with Gasteiger partial charge in [-0.05, 0) is 44.5 Å². The lowest BCUT2D eigenvalue weighted by atomic mass is 10.1. The Hall–Kier alpha value is -2.67. The van der Waals surface area contributed by atoms with Gasteiger partial charge in [-0.3, -0.25) is 9.59 Å². The van der Waals surface area contributed by atoms with Gasteiger partial charge in [0.25, 0.3) is 11.8 Å². The summed E-state index contributed by atoms with van der Waals surface area (Å²) in [6, 6.07) is 4.30. The molecule has 7 heteroatoms. The monoisotopic (exact) mass is 359 g/mol. The number of amides is 2. The molecule has 1 aliphatic carbocycles. The van der Waals surface area contributed by atoms with E-state index in [4.69, 9.17) is 4.74 Å². The van der Waals surface area contributed by atoms with Crippen LogP contribution in [0.25, 0.3) is 0 Å². The lowest BCUT2D eigenvalue weighted by Gasteiger charge is -2.24. The number of halogens is 1. The number of hydrogen-bond donors (Lipinski definition) is 3. The zero-order valence-corrected chi connectivity index (χ0v) is 14.6. The molecule has 6 nitrogen and oxygen atoms in total. The van der Waals surface area contributed by atoms with Crippen LogP contribution in [0.5, 0.6) is 5.75 Å². The van der Waals surface area contributed by atoms with E-state index < -0.39 is 11.7 Å². The molecule has 1 heterocycles. The number of hydrogen-bond acceptors (Lipinski definition) is 4. The number of ether oxygens (including phenoxy) is 1. The molecule has 2 aliphatic rings. The summed E-state index contributed by atoms with van der Waals surface area (Å²) in [5, 5.41) is 8.88. The first-order valence-electron chi connectivity index (χ1n) is 8.66. The summed E-state index contributed by atoms with van der Waals surface area (Å²) in [4.78, 5) is 25.1. The van der Waals surface area contributed by atoms with Gasteiger partial charge < -0.3 is 20.7 Å². The quantitative estimate of drug-likeness (QED) is 0.747. The van der Waals surface area contributed by atoms with E-state index in [1.54, 1.807) is 12.2 Å². The second kappa shape index (κ2) is 8.14. The largest absolute Gasteiger partial charge is 0.496 e. The molecule has 1 fully saturated rings. The molecule has 2 amide bonds. The molecule has 0 bridgehead atoms. The van der Waals surface area contributed by atoms with E-state index in [9.17, 15) is 14.0 Å². The van der Waals surface area contributed by atoms with Crippen molar-refractivity contribution in [2.24, 2.45) is 0 Å². The molecule has 3 rings (SSSR count). The molecule has 3 N–H and O–H groups in total. The van der Waals surface area contributed by atoms with Gasteiger partial charge in [0.2, 0.25) is 0 Å². The van der Waals surface area contributed by atoms with Crippen LogP contribution in [-0.4, -0.2) is 38.1 Å². The predicted molar refractivity (Wildman–Crippen MR) is 95.2 cm³/mol. The number of nitrogens with one attached hydrogen (secondary N) is 3. The van der Waals surface area contributed by atoms with Crippen LogP contribution in [0.3, 0.4) is 0 Å². The van der Waals surface area contributed by atoms with Crippen molar-refractivity contribution in [3.63, 3.8) is 0 Å². The Labute approximate surface area is 151 Å². The number of benzene rings is 1. The number of piperidine rings is 1. The van der Waals surface area contributed by atoms with Gasteiger partial charge in [0.05, 0.1) is 12.7 Å². The van der Waals surface area contributed by atoms with E-state index in [1.165, 1.54) is 25.3 Å². The topological polar surface area (TPSA) is 79.5 Å². The molecule has 138 valence electrons. The molecule has 0 saturated carbocycles. The minimum absolute atomic E-state index is 0.119. The molecule has 0 spiro atoms. The SMILES string of the molecule is COc1cccc(F)c1C(=O)NC1=CCC=C1C(=O)NC1CCNCC1. The average Bonchev–Trinajstić information content (AvgIpc) is 3.10. The smallest absolute Gasteiger partial charge is 0.262 e. The molecule has 1 aromatic rings. The van der Waals surface area contributed by atoms with Crippen molar-refractivity contribution in [3.8, 4) is 5.75 Å². The van der Waals surface area contributed by atoms with Crippen molar-refractivity contribution in [1.29, 1.82) is 0 Å². The summed E-state index contributed by atoms with van der Waals surface area (Å²) in [7, 11) is 1.37. The van der Waals surface area contributed by atoms with Crippen LogP contribution in [-0.2, 0) is 4.79 Å². The normalized spacial score (nSPS) is 17.3. The highest BCUT2D eigenvalue weighted by molar-refractivity contribution is 6.03. The highest BCUT2D eigenvalue weighted by Crippen LogP contribution is 2.23. The maximum absolute atomic E-state index is 14.1. The molecule has 0 atom stereocenters. The van der Waals surface area contributed by atoms with E-state index in [0.717, 1.165) is 25.9 Å². The summed E-state index contributed by atoms with van der Waals surface area (Å²) in [5.41, 5.74) is 0.625. The van der Waals surface area contributed by atoms with Gasteiger partial charge in [-0.1, -0.05) is 18.2 Å². The van der Waals surface area contributed by atoms with Gasteiger partial charge >= 0.3 is 0 Å². The summed E-state index contributed by atoms with van der Waals surface area (Å²) < 4.78 is 19.1. The summed E-state index contributed by atoms with van der Waals surface area (Å²) in [6.07, 6.45) is 5.78. The molecule has 1 aliphatic heterocycles. The first kappa shape index (κ1) is 18.1. The maximum atomic E-state index is 14.1. The van der Waals surface area contributed by atoms with Crippen molar-refractivity contribution < 1.29 is 18.7 Å². The highest BCUT2D eigenvalue weighted by Gasteiger charge is 2.25. The van der Waals surface area contributed by atoms with Gasteiger partial charge in [-0.15, -0.1) is 0 Å². The summed E-state index contributed by atoms with van der Waals surface area (Å²) in [5.74, 6) is -1.40. The van der Waals surface area contributed by atoms with Gasteiger partial charge in [0.15, 0.2) is 0 Å². The third kappa shape index (κ3) is 3.94. The van der Waals surface area contributed by atoms with E-state index in [-0.39, 0.29) is 23.3 Å². The molecule has 1 saturated heterocycles. The first-order valence-corrected chi connectivity index (χ1v) is 8.66. The van der Waals surface area contributed by atoms with E-state index in [0.29, 0.717) is 17.7 Å². The number of allylic oxidation sites excluding steroid dienone is 2. The number of rotatable bonds is 5. The Morgan fingerprint density at radius 2 is 1.96 bits per heavy atom. The third-order valence-corrected chi connectivity index (χ3v) is 4.52. The van der Waals surface area contributed by atoms with E-state index in [2.05, 4.69) is 16.0 Å². The molecule has 26 heavy (non-hydrogen) atoms. The molecular formula is C19H22FN3O3. The fraction of sp³-hybridized carbons (Fsp3) is 0.368. The second-order valence-corrected chi connectivity index (χ2v) is 6.24.